The lowest BCUT2D eigenvalue weighted by Gasteiger charge is -2.09. The Morgan fingerprint density at radius 1 is 0.850 bits per heavy atom. The molecule has 0 aromatic heterocycles. The molecule has 0 spiro atoms. The summed E-state index contributed by atoms with van der Waals surface area (Å²) in [5, 5.41) is 3.00. The minimum absolute atomic E-state index is 0.299. The number of hydrogen-bond acceptors (Lipinski definition) is 1. The van der Waals surface area contributed by atoms with E-state index in [1.54, 1.807) is 18.2 Å². The molecule has 106 valence electrons. The summed E-state index contributed by atoms with van der Waals surface area (Å²) in [7, 11) is 0. The largest absolute Gasteiger partial charge is 0.416 e. The third-order valence-electron chi connectivity index (χ3n) is 2.88. The Balaban J connectivity index is 1.90. The van der Waals surface area contributed by atoms with Crippen molar-refractivity contribution in [1.82, 2.24) is 5.32 Å². The Kier molecular flexibility index (Phi) is 4.39. The van der Waals surface area contributed by atoms with E-state index in [4.69, 9.17) is 0 Å². The van der Waals surface area contributed by atoms with Gasteiger partial charge in [0.1, 0.15) is 5.82 Å². The minimum Gasteiger partial charge on any atom is -0.309 e. The highest BCUT2D eigenvalue weighted by molar-refractivity contribution is 5.24. The van der Waals surface area contributed by atoms with Gasteiger partial charge in [-0.05, 0) is 23.8 Å². The van der Waals surface area contributed by atoms with Crippen LogP contribution in [0.1, 0.15) is 16.7 Å². The molecule has 0 saturated heterocycles. The Hall–Kier alpha value is -1.88. The van der Waals surface area contributed by atoms with Crippen LogP contribution in [0, 0.1) is 5.82 Å². The quantitative estimate of drug-likeness (QED) is 0.832. The van der Waals surface area contributed by atoms with Gasteiger partial charge in [-0.2, -0.15) is 13.2 Å². The van der Waals surface area contributed by atoms with Crippen molar-refractivity contribution in [3.63, 3.8) is 0 Å². The van der Waals surface area contributed by atoms with E-state index in [9.17, 15) is 17.6 Å². The van der Waals surface area contributed by atoms with E-state index in [2.05, 4.69) is 5.32 Å². The highest BCUT2D eigenvalue weighted by Crippen LogP contribution is 2.29. The molecule has 2 aromatic carbocycles. The van der Waals surface area contributed by atoms with Crippen molar-refractivity contribution in [2.45, 2.75) is 19.3 Å². The molecule has 0 amide bonds. The van der Waals surface area contributed by atoms with Gasteiger partial charge in [0.25, 0.3) is 0 Å². The van der Waals surface area contributed by atoms with E-state index in [0.717, 1.165) is 12.1 Å². The Bertz CT molecular complexity index is 561. The van der Waals surface area contributed by atoms with Crippen LogP contribution in [0.4, 0.5) is 17.6 Å². The normalized spacial score (nSPS) is 11.6. The van der Waals surface area contributed by atoms with Crippen molar-refractivity contribution in [3.05, 3.63) is 71.0 Å². The van der Waals surface area contributed by atoms with Gasteiger partial charge in [-0.15, -0.1) is 0 Å². The van der Waals surface area contributed by atoms with Crippen LogP contribution >= 0.6 is 0 Å². The fourth-order valence-electron chi connectivity index (χ4n) is 1.79. The van der Waals surface area contributed by atoms with E-state index < -0.39 is 11.7 Å². The van der Waals surface area contributed by atoms with Gasteiger partial charge in [0.05, 0.1) is 5.56 Å². The molecule has 0 saturated carbocycles. The number of alkyl halides is 3. The van der Waals surface area contributed by atoms with E-state index in [1.807, 2.05) is 0 Å². The monoisotopic (exact) mass is 283 g/mol. The zero-order valence-corrected chi connectivity index (χ0v) is 10.5. The molecule has 0 atom stereocenters. The fourth-order valence-corrected chi connectivity index (χ4v) is 1.79. The minimum atomic E-state index is -4.32. The number of halogens is 4. The summed E-state index contributed by atoms with van der Waals surface area (Å²) in [5.74, 6) is -0.299. The molecule has 0 bridgehead atoms. The molecule has 5 heteroatoms. The van der Waals surface area contributed by atoms with E-state index in [0.29, 0.717) is 24.2 Å². The lowest BCUT2D eigenvalue weighted by molar-refractivity contribution is -0.137. The SMILES string of the molecule is Fc1ccccc1CNCc1ccc(C(F)(F)F)cc1. The fraction of sp³-hybridized carbons (Fsp3) is 0.200. The molecule has 1 N–H and O–H groups in total. The molecule has 0 unspecified atom stereocenters. The number of benzene rings is 2. The Labute approximate surface area is 114 Å². The molecule has 0 aliphatic heterocycles. The summed E-state index contributed by atoms with van der Waals surface area (Å²) in [4.78, 5) is 0. The molecule has 0 radical (unpaired) electrons. The molecular weight excluding hydrogens is 270 g/mol. The third kappa shape index (κ3) is 3.81. The van der Waals surface area contributed by atoms with Crippen LogP contribution in [0.5, 0.6) is 0 Å². The maximum atomic E-state index is 13.3. The van der Waals surface area contributed by atoms with Gasteiger partial charge in [-0.3, -0.25) is 0 Å². The summed E-state index contributed by atoms with van der Waals surface area (Å²) in [6.07, 6.45) is -4.32. The van der Waals surface area contributed by atoms with Crippen LogP contribution in [-0.2, 0) is 19.3 Å². The van der Waals surface area contributed by atoms with Gasteiger partial charge >= 0.3 is 6.18 Å². The molecule has 20 heavy (non-hydrogen) atoms. The van der Waals surface area contributed by atoms with Gasteiger partial charge in [0, 0.05) is 18.7 Å². The summed E-state index contributed by atoms with van der Waals surface area (Å²) >= 11 is 0. The van der Waals surface area contributed by atoms with Crippen molar-refractivity contribution < 1.29 is 17.6 Å². The number of hydrogen-bond donors (Lipinski definition) is 1. The second-order valence-corrected chi connectivity index (χ2v) is 4.39. The summed E-state index contributed by atoms with van der Waals surface area (Å²) in [6, 6.07) is 11.3. The molecule has 2 rings (SSSR count). The molecule has 0 fully saturated rings. The Morgan fingerprint density at radius 2 is 1.50 bits per heavy atom. The lowest BCUT2D eigenvalue weighted by Crippen LogP contribution is -2.14. The number of nitrogens with one attached hydrogen (secondary N) is 1. The van der Waals surface area contributed by atoms with Gasteiger partial charge in [-0.1, -0.05) is 30.3 Å². The van der Waals surface area contributed by atoms with Crippen molar-refractivity contribution in [1.29, 1.82) is 0 Å². The second-order valence-electron chi connectivity index (χ2n) is 4.39. The van der Waals surface area contributed by atoms with Crippen LogP contribution in [0.25, 0.3) is 0 Å². The Morgan fingerprint density at radius 3 is 2.10 bits per heavy atom. The van der Waals surface area contributed by atoms with Crippen molar-refractivity contribution in [3.8, 4) is 0 Å². The first-order valence-corrected chi connectivity index (χ1v) is 6.07. The van der Waals surface area contributed by atoms with Crippen LogP contribution in [0.2, 0.25) is 0 Å². The standard InChI is InChI=1S/C15H13F4N/c16-14-4-2-1-3-12(14)10-20-9-11-5-7-13(8-6-11)15(17,18)19/h1-8,20H,9-10H2. The van der Waals surface area contributed by atoms with Gasteiger partial charge in [0.15, 0.2) is 0 Å². The molecular formula is C15H13F4N. The molecule has 1 nitrogen and oxygen atoms in total. The maximum absolute atomic E-state index is 13.3. The lowest BCUT2D eigenvalue weighted by atomic mass is 10.1. The topological polar surface area (TPSA) is 12.0 Å². The van der Waals surface area contributed by atoms with Crippen molar-refractivity contribution >= 4 is 0 Å². The van der Waals surface area contributed by atoms with Gasteiger partial charge in [-0.25, -0.2) is 4.39 Å². The van der Waals surface area contributed by atoms with Gasteiger partial charge in [0.2, 0.25) is 0 Å². The molecule has 0 aliphatic carbocycles. The molecule has 2 aromatic rings. The predicted molar refractivity (Wildman–Crippen MR) is 68.4 cm³/mol. The molecule has 0 heterocycles. The third-order valence-corrected chi connectivity index (χ3v) is 2.88. The summed E-state index contributed by atoms with van der Waals surface area (Å²) < 4.78 is 50.5. The average Bonchev–Trinajstić information content (AvgIpc) is 2.40. The molecule has 0 aliphatic rings. The predicted octanol–water partition coefficient (Wildman–Crippen LogP) is 4.13. The number of rotatable bonds is 4. The van der Waals surface area contributed by atoms with E-state index in [1.165, 1.54) is 18.2 Å². The zero-order chi connectivity index (χ0) is 14.6. The van der Waals surface area contributed by atoms with Crippen LogP contribution in [-0.4, -0.2) is 0 Å². The smallest absolute Gasteiger partial charge is 0.309 e. The van der Waals surface area contributed by atoms with Gasteiger partial charge < -0.3 is 5.32 Å². The average molecular weight is 283 g/mol. The first-order chi connectivity index (χ1) is 9.47. The zero-order valence-electron chi connectivity index (χ0n) is 10.5. The van der Waals surface area contributed by atoms with Crippen LogP contribution < -0.4 is 5.32 Å². The van der Waals surface area contributed by atoms with Crippen molar-refractivity contribution in [2.24, 2.45) is 0 Å². The van der Waals surface area contributed by atoms with Crippen LogP contribution in [0.15, 0.2) is 48.5 Å². The van der Waals surface area contributed by atoms with E-state index >= 15 is 0 Å². The maximum Gasteiger partial charge on any atom is 0.416 e. The summed E-state index contributed by atoms with van der Waals surface area (Å²) in [5.41, 5.74) is 0.573. The van der Waals surface area contributed by atoms with E-state index in [-0.39, 0.29) is 5.82 Å². The van der Waals surface area contributed by atoms with Crippen LogP contribution in [0.3, 0.4) is 0 Å². The summed E-state index contributed by atoms with van der Waals surface area (Å²) in [6.45, 7) is 0.708. The highest BCUT2D eigenvalue weighted by Gasteiger charge is 2.29. The highest BCUT2D eigenvalue weighted by atomic mass is 19.4. The first-order valence-electron chi connectivity index (χ1n) is 6.07. The first kappa shape index (κ1) is 14.5. The second kappa shape index (κ2) is 6.05. The van der Waals surface area contributed by atoms with Crippen molar-refractivity contribution in [2.75, 3.05) is 0 Å².